The van der Waals surface area contributed by atoms with Crippen LogP contribution < -0.4 is 0 Å². The number of nitrogens with zero attached hydrogens (tertiary/aromatic N) is 2. The molecular formula is C10H8N2O. The zero-order valence-electron chi connectivity index (χ0n) is 6.88. The topological polar surface area (TPSA) is 46.0 Å². The van der Waals surface area contributed by atoms with Crippen LogP contribution in [0.3, 0.4) is 0 Å². The molecule has 0 fully saturated rings. The van der Waals surface area contributed by atoms with Gasteiger partial charge >= 0.3 is 0 Å². The maximum atomic E-state index is 9.44. The van der Waals surface area contributed by atoms with Crippen molar-refractivity contribution in [2.75, 3.05) is 0 Å². The molecule has 2 aromatic rings. The van der Waals surface area contributed by atoms with E-state index >= 15 is 0 Å². The predicted molar refractivity (Wildman–Crippen MR) is 49.1 cm³/mol. The summed E-state index contributed by atoms with van der Waals surface area (Å²) in [6.07, 6.45) is 2.80. The molecule has 0 bridgehead atoms. The molecule has 2 rings (SSSR count). The van der Waals surface area contributed by atoms with Crippen molar-refractivity contribution in [2.24, 2.45) is 0 Å². The molecule has 0 spiro atoms. The van der Waals surface area contributed by atoms with Crippen LogP contribution in [0.4, 0.5) is 0 Å². The van der Waals surface area contributed by atoms with Crippen LogP contribution in [0.2, 0.25) is 0 Å². The fraction of sp³-hybridized carbons (Fsp3) is 0. The van der Waals surface area contributed by atoms with Gasteiger partial charge in [-0.3, -0.25) is 0 Å². The molecule has 1 aromatic heterocycles. The van der Waals surface area contributed by atoms with Gasteiger partial charge in [0.2, 0.25) is 0 Å². The van der Waals surface area contributed by atoms with E-state index in [1.54, 1.807) is 0 Å². The van der Waals surface area contributed by atoms with Crippen LogP contribution in [0.1, 0.15) is 0 Å². The third-order valence-electron chi connectivity index (χ3n) is 1.74. The zero-order valence-corrected chi connectivity index (χ0v) is 6.88. The average molecular weight is 172 g/mol. The van der Waals surface area contributed by atoms with E-state index in [-0.39, 0.29) is 5.75 Å². The molecule has 0 aliphatic heterocycles. The lowest BCUT2D eigenvalue weighted by atomic mass is 10.1. The van der Waals surface area contributed by atoms with Crippen molar-refractivity contribution in [3.63, 3.8) is 0 Å². The summed E-state index contributed by atoms with van der Waals surface area (Å²) in [7, 11) is 0. The molecule has 1 heterocycles. The molecule has 3 heteroatoms. The van der Waals surface area contributed by atoms with E-state index in [1.807, 2.05) is 30.3 Å². The highest BCUT2D eigenvalue weighted by Gasteiger charge is 2.03. The first-order valence-electron chi connectivity index (χ1n) is 3.92. The Labute approximate surface area is 75.7 Å². The number of aromatic hydroxyl groups is 1. The Morgan fingerprint density at radius 3 is 2.54 bits per heavy atom. The smallest absolute Gasteiger partial charge is 0.160 e. The second-order valence-corrected chi connectivity index (χ2v) is 2.62. The van der Waals surface area contributed by atoms with E-state index in [4.69, 9.17) is 0 Å². The minimum Gasteiger partial charge on any atom is -0.504 e. The van der Waals surface area contributed by atoms with Gasteiger partial charge in [-0.05, 0) is 0 Å². The summed E-state index contributed by atoms with van der Waals surface area (Å²) in [5, 5.41) is 9.44. The highest BCUT2D eigenvalue weighted by molar-refractivity contribution is 5.64. The molecule has 0 aliphatic rings. The summed E-state index contributed by atoms with van der Waals surface area (Å²) in [5.74, 6) is 0.105. The first-order chi connectivity index (χ1) is 6.38. The van der Waals surface area contributed by atoms with Crippen LogP contribution in [-0.4, -0.2) is 15.1 Å². The predicted octanol–water partition coefficient (Wildman–Crippen LogP) is 1.85. The fourth-order valence-corrected chi connectivity index (χ4v) is 1.14. The Morgan fingerprint density at radius 1 is 1.08 bits per heavy atom. The fourth-order valence-electron chi connectivity index (χ4n) is 1.14. The van der Waals surface area contributed by atoms with Gasteiger partial charge in [0.15, 0.2) is 5.75 Å². The molecular weight excluding hydrogens is 164 g/mol. The Morgan fingerprint density at radius 2 is 1.85 bits per heavy atom. The van der Waals surface area contributed by atoms with Gasteiger partial charge in [-0.2, -0.15) is 0 Å². The van der Waals surface area contributed by atoms with Gasteiger partial charge in [0.25, 0.3) is 0 Å². The third kappa shape index (κ3) is 1.49. The third-order valence-corrected chi connectivity index (χ3v) is 1.74. The number of hydrogen-bond acceptors (Lipinski definition) is 3. The van der Waals surface area contributed by atoms with Crippen LogP contribution >= 0.6 is 0 Å². The standard InChI is InChI=1S/C10H8N2O/c13-9-6-11-7-12-10(9)8-4-2-1-3-5-8/h1-7,13H. The second-order valence-electron chi connectivity index (χ2n) is 2.62. The lowest BCUT2D eigenvalue weighted by molar-refractivity contribution is 0.472. The molecule has 1 aromatic carbocycles. The Balaban J connectivity index is 2.54. The van der Waals surface area contributed by atoms with E-state index in [0.29, 0.717) is 5.69 Å². The highest BCUT2D eigenvalue weighted by atomic mass is 16.3. The maximum Gasteiger partial charge on any atom is 0.160 e. The van der Waals surface area contributed by atoms with Crippen LogP contribution in [0.5, 0.6) is 5.75 Å². The van der Waals surface area contributed by atoms with Crippen molar-refractivity contribution in [2.45, 2.75) is 0 Å². The quantitative estimate of drug-likeness (QED) is 0.714. The summed E-state index contributed by atoms with van der Waals surface area (Å²) in [4.78, 5) is 7.70. The van der Waals surface area contributed by atoms with Gasteiger partial charge in [0.1, 0.15) is 12.0 Å². The maximum absolute atomic E-state index is 9.44. The molecule has 0 aliphatic carbocycles. The van der Waals surface area contributed by atoms with Gasteiger partial charge in [-0.1, -0.05) is 30.3 Å². The first-order valence-corrected chi connectivity index (χ1v) is 3.92. The molecule has 3 nitrogen and oxygen atoms in total. The van der Waals surface area contributed by atoms with E-state index in [9.17, 15) is 5.11 Å². The van der Waals surface area contributed by atoms with E-state index in [0.717, 1.165) is 5.56 Å². The lowest BCUT2D eigenvalue weighted by Gasteiger charge is -2.00. The average Bonchev–Trinajstić information content (AvgIpc) is 2.20. The normalized spacial score (nSPS) is 9.85. The summed E-state index contributed by atoms with van der Waals surface area (Å²) < 4.78 is 0. The van der Waals surface area contributed by atoms with Crippen molar-refractivity contribution >= 4 is 0 Å². The summed E-state index contributed by atoms with van der Waals surface area (Å²) >= 11 is 0. The molecule has 0 radical (unpaired) electrons. The van der Waals surface area contributed by atoms with Gasteiger partial charge in [0, 0.05) is 5.56 Å². The van der Waals surface area contributed by atoms with Crippen LogP contribution in [0.15, 0.2) is 42.9 Å². The SMILES string of the molecule is Oc1cncnc1-c1ccccc1. The van der Waals surface area contributed by atoms with Crippen molar-refractivity contribution < 1.29 is 5.11 Å². The number of benzene rings is 1. The van der Waals surface area contributed by atoms with E-state index in [1.165, 1.54) is 12.5 Å². The van der Waals surface area contributed by atoms with Crippen LogP contribution in [-0.2, 0) is 0 Å². The van der Waals surface area contributed by atoms with Crippen molar-refractivity contribution in [3.05, 3.63) is 42.9 Å². The highest BCUT2D eigenvalue weighted by Crippen LogP contribution is 2.24. The van der Waals surface area contributed by atoms with Crippen molar-refractivity contribution in [1.82, 2.24) is 9.97 Å². The van der Waals surface area contributed by atoms with E-state index < -0.39 is 0 Å². The monoisotopic (exact) mass is 172 g/mol. The molecule has 0 saturated heterocycles. The minimum atomic E-state index is 0.105. The van der Waals surface area contributed by atoms with Crippen molar-refractivity contribution in [1.29, 1.82) is 0 Å². The Kier molecular flexibility index (Phi) is 1.92. The molecule has 1 N–H and O–H groups in total. The molecule has 0 saturated carbocycles. The zero-order chi connectivity index (χ0) is 9.10. The molecule has 13 heavy (non-hydrogen) atoms. The Hall–Kier alpha value is -1.90. The summed E-state index contributed by atoms with van der Waals surface area (Å²) in [5.41, 5.74) is 1.46. The van der Waals surface area contributed by atoms with Crippen LogP contribution in [0.25, 0.3) is 11.3 Å². The number of rotatable bonds is 1. The second kappa shape index (κ2) is 3.23. The van der Waals surface area contributed by atoms with Gasteiger partial charge in [-0.15, -0.1) is 0 Å². The summed E-state index contributed by atoms with van der Waals surface area (Å²) in [6.45, 7) is 0. The molecule has 0 unspecified atom stereocenters. The Bertz CT molecular complexity index is 401. The largest absolute Gasteiger partial charge is 0.504 e. The first kappa shape index (κ1) is 7.73. The van der Waals surface area contributed by atoms with Gasteiger partial charge < -0.3 is 5.11 Å². The number of aromatic nitrogens is 2. The van der Waals surface area contributed by atoms with Crippen LogP contribution in [0, 0.1) is 0 Å². The molecule has 0 atom stereocenters. The molecule has 64 valence electrons. The van der Waals surface area contributed by atoms with Gasteiger partial charge in [0.05, 0.1) is 6.20 Å². The van der Waals surface area contributed by atoms with Crippen molar-refractivity contribution in [3.8, 4) is 17.0 Å². The number of hydrogen-bond donors (Lipinski definition) is 1. The summed E-state index contributed by atoms with van der Waals surface area (Å²) in [6, 6.07) is 9.50. The minimum absolute atomic E-state index is 0.105. The van der Waals surface area contributed by atoms with E-state index in [2.05, 4.69) is 9.97 Å². The molecule has 0 amide bonds. The lowest BCUT2D eigenvalue weighted by Crippen LogP contribution is -1.84. The van der Waals surface area contributed by atoms with Gasteiger partial charge in [-0.25, -0.2) is 9.97 Å².